The van der Waals surface area contributed by atoms with E-state index < -0.39 is 6.61 Å². The number of ether oxygens (including phenoxy) is 1. The molecule has 0 fully saturated rings. The van der Waals surface area contributed by atoms with Crippen LogP contribution in [0.15, 0.2) is 34.6 Å². The van der Waals surface area contributed by atoms with Crippen molar-refractivity contribution >= 4 is 39.3 Å². The number of hydrogen-bond acceptors (Lipinski definition) is 6. The van der Waals surface area contributed by atoms with E-state index in [9.17, 15) is 8.78 Å². The van der Waals surface area contributed by atoms with Crippen molar-refractivity contribution in [3.8, 4) is 17.0 Å². The largest absolute Gasteiger partial charge is 0.435 e. The van der Waals surface area contributed by atoms with E-state index in [2.05, 4.69) is 25.6 Å². The fourth-order valence-electron chi connectivity index (χ4n) is 2.37. The van der Waals surface area contributed by atoms with Crippen LogP contribution in [0.4, 0.5) is 13.9 Å². The molecule has 0 amide bonds. The van der Waals surface area contributed by atoms with E-state index in [4.69, 9.17) is 0 Å². The molecule has 136 valence electrons. The Bertz CT molecular complexity index is 694. The second-order valence-corrected chi connectivity index (χ2v) is 6.19. The number of benzene rings is 1. The highest BCUT2D eigenvalue weighted by atomic mass is 79.9. The van der Waals surface area contributed by atoms with Crippen LogP contribution in [0.1, 0.15) is 25.7 Å². The lowest BCUT2D eigenvalue weighted by atomic mass is 10.2. The number of anilines is 1. The quantitative estimate of drug-likeness (QED) is 0.661. The SMILES string of the molecule is Br.FC(F)Oc1ccc(-c2csc(NNC3=NCCCCC3)n2)cc1. The first-order chi connectivity index (χ1) is 11.7. The highest BCUT2D eigenvalue weighted by molar-refractivity contribution is 8.93. The Morgan fingerprint density at radius 2 is 1.88 bits per heavy atom. The second kappa shape index (κ2) is 9.67. The topological polar surface area (TPSA) is 58.5 Å². The van der Waals surface area contributed by atoms with Crippen LogP contribution >= 0.6 is 28.3 Å². The molecule has 2 heterocycles. The Hall–Kier alpha value is -1.74. The third-order valence-electron chi connectivity index (χ3n) is 3.57. The summed E-state index contributed by atoms with van der Waals surface area (Å²) in [5.41, 5.74) is 7.80. The molecule has 3 rings (SSSR count). The predicted octanol–water partition coefficient (Wildman–Crippen LogP) is 4.88. The molecular weight excluding hydrogens is 414 g/mol. The van der Waals surface area contributed by atoms with Gasteiger partial charge in [0.15, 0.2) is 0 Å². The number of nitrogens with one attached hydrogen (secondary N) is 2. The molecule has 9 heteroatoms. The molecule has 0 atom stereocenters. The van der Waals surface area contributed by atoms with E-state index in [0.717, 1.165) is 48.0 Å². The molecule has 5 nitrogen and oxygen atoms in total. The summed E-state index contributed by atoms with van der Waals surface area (Å²) in [5.74, 6) is 1.09. The molecule has 1 aliphatic heterocycles. The summed E-state index contributed by atoms with van der Waals surface area (Å²) in [6.45, 7) is -1.95. The van der Waals surface area contributed by atoms with Crippen molar-refractivity contribution in [1.29, 1.82) is 0 Å². The molecule has 0 spiro atoms. The second-order valence-electron chi connectivity index (χ2n) is 5.33. The minimum Gasteiger partial charge on any atom is -0.435 e. The van der Waals surface area contributed by atoms with Crippen LogP contribution in [0.3, 0.4) is 0 Å². The van der Waals surface area contributed by atoms with Gasteiger partial charge >= 0.3 is 6.61 Å². The molecule has 0 radical (unpaired) electrons. The number of nitrogens with zero attached hydrogens (tertiary/aromatic N) is 2. The standard InChI is InChI=1S/C16H18F2N4OS.BrH/c17-15(18)23-12-7-5-11(6-8-12)13-10-24-16(20-13)22-21-14-4-2-1-3-9-19-14;/h5-8,10,15H,1-4,9H2,(H,19,21)(H,20,22);1H. The van der Waals surface area contributed by atoms with Crippen LogP contribution in [-0.2, 0) is 0 Å². The first-order valence-corrected chi connectivity index (χ1v) is 8.65. The van der Waals surface area contributed by atoms with Crippen molar-refractivity contribution in [3.63, 3.8) is 0 Å². The Kier molecular flexibility index (Phi) is 7.57. The van der Waals surface area contributed by atoms with E-state index in [1.54, 1.807) is 12.1 Å². The Morgan fingerprint density at radius 3 is 2.64 bits per heavy atom. The van der Waals surface area contributed by atoms with Gasteiger partial charge in [-0.1, -0.05) is 6.42 Å². The van der Waals surface area contributed by atoms with Crippen LogP contribution in [-0.4, -0.2) is 24.0 Å². The Balaban J connectivity index is 0.00000225. The van der Waals surface area contributed by atoms with Crippen LogP contribution < -0.4 is 15.6 Å². The van der Waals surface area contributed by atoms with Gasteiger partial charge in [-0.05, 0) is 37.1 Å². The number of rotatable bonds is 5. The molecule has 1 aromatic carbocycles. The number of aliphatic imine (C=N–C) groups is 1. The molecule has 0 aliphatic carbocycles. The lowest BCUT2D eigenvalue weighted by Crippen LogP contribution is -2.29. The van der Waals surface area contributed by atoms with Gasteiger partial charge in [0.1, 0.15) is 11.6 Å². The molecule has 0 unspecified atom stereocenters. The van der Waals surface area contributed by atoms with Gasteiger partial charge < -0.3 is 4.74 Å². The van der Waals surface area contributed by atoms with E-state index in [-0.39, 0.29) is 22.7 Å². The maximum Gasteiger partial charge on any atom is 0.387 e. The van der Waals surface area contributed by atoms with Crippen molar-refractivity contribution in [2.24, 2.45) is 4.99 Å². The summed E-state index contributed by atoms with van der Waals surface area (Å²) in [4.78, 5) is 8.96. The summed E-state index contributed by atoms with van der Waals surface area (Å²) in [6, 6.07) is 6.43. The number of thiazole rings is 1. The molecule has 2 N–H and O–H groups in total. The molecule has 0 saturated heterocycles. The molecular formula is C16H19BrF2N4OS. The lowest BCUT2D eigenvalue weighted by Gasteiger charge is -2.08. The zero-order valence-electron chi connectivity index (χ0n) is 13.4. The van der Waals surface area contributed by atoms with E-state index in [0.29, 0.717) is 0 Å². The van der Waals surface area contributed by atoms with Crippen molar-refractivity contribution in [1.82, 2.24) is 10.4 Å². The van der Waals surface area contributed by atoms with Gasteiger partial charge in [-0.3, -0.25) is 15.8 Å². The molecule has 1 aromatic heterocycles. The predicted molar refractivity (Wildman–Crippen MR) is 102 cm³/mol. The fraction of sp³-hybridized carbons (Fsp3) is 0.375. The smallest absolute Gasteiger partial charge is 0.387 e. The number of halogens is 3. The number of hydrazine groups is 1. The van der Waals surface area contributed by atoms with Crippen LogP contribution in [0.2, 0.25) is 0 Å². The highest BCUT2D eigenvalue weighted by Gasteiger charge is 2.08. The van der Waals surface area contributed by atoms with Crippen molar-refractivity contribution in [2.75, 3.05) is 12.0 Å². The van der Waals surface area contributed by atoms with Crippen molar-refractivity contribution in [2.45, 2.75) is 32.3 Å². The first kappa shape index (κ1) is 19.6. The Labute approximate surface area is 159 Å². The summed E-state index contributed by atoms with van der Waals surface area (Å²) in [6.07, 6.45) is 4.43. The lowest BCUT2D eigenvalue weighted by molar-refractivity contribution is -0.0498. The van der Waals surface area contributed by atoms with Gasteiger partial charge in [0.25, 0.3) is 0 Å². The summed E-state index contributed by atoms with van der Waals surface area (Å²) in [7, 11) is 0. The summed E-state index contributed by atoms with van der Waals surface area (Å²) < 4.78 is 28.6. The number of aromatic nitrogens is 1. The molecule has 25 heavy (non-hydrogen) atoms. The fourth-order valence-corrected chi connectivity index (χ4v) is 3.05. The van der Waals surface area contributed by atoms with Gasteiger partial charge in [-0.25, -0.2) is 4.98 Å². The maximum atomic E-state index is 12.2. The molecule has 0 bridgehead atoms. The average molecular weight is 433 g/mol. The highest BCUT2D eigenvalue weighted by Crippen LogP contribution is 2.26. The number of amidine groups is 1. The van der Waals surface area contributed by atoms with E-state index in [1.165, 1.54) is 29.9 Å². The molecule has 0 saturated carbocycles. The Morgan fingerprint density at radius 1 is 1.08 bits per heavy atom. The van der Waals surface area contributed by atoms with Crippen LogP contribution in [0.5, 0.6) is 5.75 Å². The van der Waals surface area contributed by atoms with Gasteiger partial charge in [0.2, 0.25) is 5.13 Å². The zero-order chi connectivity index (χ0) is 16.8. The normalized spacial score (nSPS) is 14.3. The minimum atomic E-state index is -2.82. The van der Waals surface area contributed by atoms with Crippen LogP contribution in [0, 0.1) is 0 Å². The number of hydrogen-bond donors (Lipinski definition) is 2. The molecule has 2 aromatic rings. The summed E-state index contributed by atoms with van der Waals surface area (Å²) in [5, 5.41) is 2.63. The van der Waals surface area contributed by atoms with E-state index in [1.807, 2.05) is 5.38 Å². The van der Waals surface area contributed by atoms with Gasteiger partial charge in [-0.2, -0.15) is 8.78 Å². The van der Waals surface area contributed by atoms with Gasteiger partial charge in [-0.15, -0.1) is 28.3 Å². The van der Waals surface area contributed by atoms with Gasteiger partial charge in [0, 0.05) is 23.9 Å². The van der Waals surface area contributed by atoms with Crippen LogP contribution in [0.25, 0.3) is 11.3 Å². The maximum absolute atomic E-state index is 12.2. The van der Waals surface area contributed by atoms with Crippen molar-refractivity contribution in [3.05, 3.63) is 29.6 Å². The third kappa shape index (κ3) is 5.93. The van der Waals surface area contributed by atoms with Gasteiger partial charge in [0.05, 0.1) is 5.69 Å². The first-order valence-electron chi connectivity index (χ1n) is 7.77. The zero-order valence-corrected chi connectivity index (χ0v) is 15.9. The summed E-state index contributed by atoms with van der Waals surface area (Å²) >= 11 is 1.46. The third-order valence-corrected chi connectivity index (χ3v) is 4.33. The van der Waals surface area contributed by atoms with E-state index >= 15 is 0 Å². The average Bonchev–Trinajstić information content (AvgIpc) is 2.88. The minimum absolute atomic E-state index is 0. The molecule has 1 aliphatic rings. The van der Waals surface area contributed by atoms with Crippen molar-refractivity contribution < 1.29 is 13.5 Å². The monoisotopic (exact) mass is 432 g/mol. The number of alkyl halides is 2.